The molecule has 9 saturated heterocycles. The lowest BCUT2D eigenvalue weighted by molar-refractivity contribution is 0.697. The number of nitrogens with zero attached hydrogens (tertiary/aromatic N) is 9. The minimum Gasteiger partial charge on any atom is -0.249 e. The molecule has 0 aromatic carbocycles. The van der Waals surface area contributed by atoms with Gasteiger partial charge >= 0.3 is 0 Å². The highest BCUT2D eigenvalue weighted by Crippen LogP contribution is 2.67. The van der Waals surface area contributed by atoms with Crippen molar-refractivity contribution in [1.82, 2.24) is 42.0 Å². The Kier molecular flexibility index (Phi) is 6.14. The summed E-state index contributed by atoms with van der Waals surface area (Å²) in [7, 11) is 0. The third-order valence-corrected chi connectivity index (χ3v) is 23.6. The van der Waals surface area contributed by atoms with Gasteiger partial charge in [0.1, 0.15) is 19.5 Å². The fourth-order valence-electron chi connectivity index (χ4n) is 4.36. The Balaban J connectivity index is 0.0000000864. The summed E-state index contributed by atoms with van der Waals surface area (Å²) in [5, 5.41) is 0. The van der Waals surface area contributed by atoms with Crippen LogP contribution in [0.5, 0.6) is 0 Å². The van der Waals surface area contributed by atoms with Gasteiger partial charge in [-0.25, -0.2) is 42.0 Å². The molecule has 9 aliphatic rings. The molecule has 0 radical (unpaired) electrons. The van der Waals surface area contributed by atoms with Gasteiger partial charge in [-0.2, -0.15) is 0 Å². The van der Waals surface area contributed by atoms with Gasteiger partial charge in [0.15, 0.2) is 0 Å². The van der Waals surface area contributed by atoms with Crippen molar-refractivity contribution in [2.75, 3.05) is 118 Å². The van der Waals surface area contributed by atoms with Crippen LogP contribution < -0.4 is 0 Å². The standard InChI is InChI=1S/3C6H12N3PS/c3*11-10(7-1-2-7,8-3-4-8)9-5-6-9/h3*1-6H2. The van der Waals surface area contributed by atoms with Gasteiger partial charge in [-0.1, -0.05) is 0 Å². The van der Waals surface area contributed by atoms with E-state index in [0.29, 0.717) is 0 Å². The Morgan fingerprint density at radius 2 is 0.333 bits per heavy atom. The number of hydrogen-bond donors (Lipinski definition) is 0. The van der Waals surface area contributed by atoms with Gasteiger partial charge in [0, 0.05) is 118 Å². The lowest BCUT2D eigenvalue weighted by atomic mass is 11.0. The molecule has 15 heteroatoms. The molecule has 0 atom stereocenters. The fraction of sp³-hybridized carbons (Fsp3) is 1.00. The zero-order valence-electron chi connectivity index (χ0n) is 19.3. The summed E-state index contributed by atoms with van der Waals surface area (Å²) in [4.78, 5) is 0. The van der Waals surface area contributed by atoms with Crippen LogP contribution in [0.15, 0.2) is 0 Å². The van der Waals surface area contributed by atoms with Crippen LogP contribution in [0.4, 0.5) is 0 Å². The van der Waals surface area contributed by atoms with E-state index >= 15 is 0 Å². The zero-order valence-corrected chi connectivity index (χ0v) is 24.5. The van der Waals surface area contributed by atoms with E-state index in [1.54, 1.807) is 0 Å². The van der Waals surface area contributed by atoms with Crippen molar-refractivity contribution in [3.63, 3.8) is 0 Å². The minimum atomic E-state index is -1.27. The molecule has 0 saturated carbocycles. The van der Waals surface area contributed by atoms with Crippen LogP contribution in [-0.4, -0.2) is 160 Å². The van der Waals surface area contributed by atoms with Crippen LogP contribution in [-0.2, 0) is 35.4 Å². The van der Waals surface area contributed by atoms with Crippen molar-refractivity contribution in [2.45, 2.75) is 0 Å². The Morgan fingerprint density at radius 1 is 0.242 bits per heavy atom. The second kappa shape index (κ2) is 8.55. The van der Waals surface area contributed by atoms with E-state index in [1.807, 2.05) is 0 Å². The Hall–Kier alpha value is 1.59. The molecule has 33 heavy (non-hydrogen) atoms. The van der Waals surface area contributed by atoms with Gasteiger partial charge in [0.25, 0.3) is 0 Å². The average molecular weight is 568 g/mol. The van der Waals surface area contributed by atoms with Gasteiger partial charge in [0.05, 0.1) is 0 Å². The molecule has 9 fully saturated rings. The van der Waals surface area contributed by atoms with Gasteiger partial charge in [-0.3, -0.25) is 0 Å². The van der Waals surface area contributed by atoms with Crippen LogP contribution in [0, 0.1) is 0 Å². The summed E-state index contributed by atoms with van der Waals surface area (Å²) in [6.07, 6.45) is 0. The Bertz CT molecular complexity index is 701. The molecular formula is C18H36N9P3S3. The average Bonchev–Trinajstić information content (AvgIpc) is 3.73. The quantitative estimate of drug-likeness (QED) is 0.287. The molecule has 9 rings (SSSR count). The number of hydrogen-bond acceptors (Lipinski definition) is 3. The SMILES string of the molecule is S=P(N1CC1)(N1CC1)N1CC1.S=P(N1CC1)(N1CC1)N1CC1.S=P(N1CC1)(N1CC1)N1CC1. The first-order valence-corrected chi connectivity index (χ1v) is 20.5. The fourth-order valence-corrected chi connectivity index (χ4v) is 17.5. The number of rotatable bonds is 9. The molecule has 0 unspecified atom stereocenters. The smallest absolute Gasteiger partial charge is 0.145 e. The van der Waals surface area contributed by atoms with Crippen LogP contribution in [0.3, 0.4) is 0 Å². The maximum Gasteiger partial charge on any atom is 0.145 e. The van der Waals surface area contributed by atoms with Gasteiger partial charge in [-0.05, 0) is 35.4 Å². The summed E-state index contributed by atoms with van der Waals surface area (Å²) in [6.45, 7) is 18.8. The second-order valence-corrected chi connectivity index (χ2v) is 22.7. The van der Waals surface area contributed by atoms with Crippen LogP contribution in [0.25, 0.3) is 0 Å². The summed E-state index contributed by atoms with van der Waals surface area (Å²) < 4.78 is 22.4. The molecular weight excluding hydrogens is 531 g/mol. The maximum absolute atomic E-state index is 5.75. The van der Waals surface area contributed by atoms with E-state index in [1.165, 1.54) is 118 Å². The zero-order chi connectivity index (χ0) is 22.4. The molecule has 9 aliphatic heterocycles. The maximum atomic E-state index is 5.75. The van der Waals surface area contributed by atoms with E-state index in [2.05, 4.69) is 42.0 Å². The molecule has 0 aromatic rings. The van der Waals surface area contributed by atoms with Crippen molar-refractivity contribution in [2.24, 2.45) is 0 Å². The monoisotopic (exact) mass is 567 g/mol. The lowest BCUT2D eigenvalue weighted by Crippen LogP contribution is -2.11. The van der Waals surface area contributed by atoms with E-state index in [9.17, 15) is 0 Å². The van der Waals surface area contributed by atoms with Crippen molar-refractivity contribution < 1.29 is 0 Å². The van der Waals surface area contributed by atoms with Crippen molar-refractivity contribution >= 4 is 54.9 Å². The summed E-state index contributed by atoms with van der Waals surface area (Å²) in [5.41, 5.74) is 0. The molecule has 0 amide bonds. The predicted octanol–water partition coefficient (Wildman–Crippen LogP) is 0.473. The lowest BCUT2D eigenvalue weighted by Gasteiger charge is -2.25. The summed E-state index contributed by atoms with van der Waals surface area (Å²) in [6, 6.07) is 0. The van der Waals surface area contributed by atoms with Crippen molar-refractivity contribution in [1.29, 1.82) is 0 Å². The first-order valence-electron chi connectivity index (χ1n) is 12.5. The first kappa shape index (κ1) is 23.7. The normalized spacial score (nSPS) is 32.4. The Morgan fingerprint density at radius 3 is 0.394 bits per heavy atom. The summed E-state index contributed by atoms with van der Waals surface area (Å²) >= 11 is 17.2. The predicted molar refractivity (Wildman–Crippen MR) is 147 cm³/mol. The third kappa shape index (κ3) is 4.91. The molecule has 186 valence electrons. The molecule has 0 N–H and O–H groups in total. The van der Waals surface area contributed by atoms with Crippen LogP contribution in [0.2, 0.25) is 0 Å². The topological polar surface area (TPSA) is 27.1 Å². The third-order valence-electron chi connectivity index (χ3n) is 7.13. The molecule has 0 spiro atoms. The van der Waals surface area contributed by atoms with E-state index in [-0.39, 0.29) is 0 Å². The molecule has 0 bridgehead atoms. The first-order chi connectivity index (χ1) is 15.9. The van der Waals surface area contributed by atoms with Gasteiger partial charge in [-0.15, -0.1) is 0 Å². The summed E-state index contributed by atoms with van der Waals surface area (Å²) in [5.74, 6) is 0. The van der Waals surface area contributed by atoms with Crippen LogP contribution in [0.1, 0.15) is 0 Å². The minimum absolute atomic E-state index is 1.25. The Labute approximate surface area is 214 Å². The van der Waals surface area contributed by atoms with Crippen LogP contribution >= 0.6 is 19.5 Å². The molecule has 0 aliphatic carbocycles. The van der Waals surface area contributed by atoms with Gasteiger partial charge in [0.2, 0.25) is 0 Å². The highest BCUT2D eigenvalue weighted by atomic mass is 32.5. The molecule has 0 aromatic heterocycles. The molecule has 9 nitrogen and oxygen atoms in total. The highest BCUT2D eigenvalue weighted by molar-refractivity contribution is 8.12. The van der Waals surface area contributed by atoms with Crippen molar-refractivity contribution in [3.8, 4) is 0 Å². The van der Waals surface area contributed by atoms with E-state index < -0.39 is 19.5 Å². The highest BCUT2D eigenvalue weighted by Gasteiger charge is 2.52. The second-order valence-electron chi connectivity index (χ2n) is 10.1. The molecule has 9 heterocycles. The largest absolute Gasteiger partial charge is 0.249 e. The van der Waals surface area contributed by atoms with E-state index in [4.69, 9.17) is 35.4 Å². The van der Waals surface area contributed by atoms with E-state index in [0.717, 1.165) is 0 Å². The van der Waals surface area contributed by atoms with Crippen molar-refractivity contribution in [3.05, 3.63) is 0 Å². The van der Waals surface area contributed by atoms with Gasteiger partial charge < -0.3 is 0 Å².